The number of nitrogens with zero attached hydrogens (tertiary/aromatic N) is 1. The molecule has 10 heteroatoms. The molecule has 0 aromatic heterocycles. The van der Waals surface area contributed by atoms with E-state index in [0.717, 1.165) is 17.9 Å². The highest BCUT2D eigenvalue weighted by Crippen LogP contribution is 2.19. The van der Waals surface area contributed by atoms with Crippen molar-refractivity contribution in [3.8, 4) is 5.75 Å². The predicted octanol–water partition coefficient (Wildman–Crippen LogP) is 3.68. The van der Waals surface area contributed by atoms with Gasteiger partial charge in [-0.2, -0.15) is 0 Å². The fraction of sp³-hybridized carbons (Fsp3) is 0.300. The van der Waals surface area contributed by atoms with Gasteiger partial charge in [0.1, 0.15) is 12.3 Å². The molecule has 0 fully saturated rings. The van der Waals surface area contributed by atoms with Gasteiger partial charge in [0, 0.05) is 13.1 Å². The molecule has 6 nitrogen and oxygen atoms in total. The standard InChI is InChI=1S/C20H23F3N4O2.HI/c1-2-24-20(25-11-6-12-29-14-7-4-3-5-8-14)26-13-17(28)27-16-10-9-15(21)18(22)19(16)23;/h3-5,7-10H,2,6,11-13H2,1H3,(H,27,28)(H2,24,25,26);1H. The quantitative estimate of drug-likeness (QED) is 0.150. The number of carbonyl (C=O) groups is 1. The van der Waals surface area contributed by atoms with Gasteiger partial charge in [-0.3, -0.25) is 4.79 Å². The van der Waals surface area contributed by atoms with E-state index < -0.39 is 29.0 Å². The van der Waals surface area contributed by atoms with Crippen LogP contribution in [0.15, 0.2) is 47.5 Å². The highest BCUT2D eigenvalue weighted by atomic mass is 127. The lowest BCUT2D eigenvalue weighted by molar-refractivity contribution is -0.114. The van der Waals surface area contributed by atoms with Gasteiger partial charge in [0.15, 0.2) is 23.4 Å². The monoisotopic (exact) mass is 536 g/mol. The van der Waals surface area contributed by atoms with Crippen molar-refractivity contribution in [2.75, 3.05) is 31.6 Å². The summed E-state index contributed by atoms with van der Waals surface area (Å²) in [5.74, 6) is -3.90. The molecule has 2 aromatic carbocycles. The first-order chi connectivity index (χ1) is 14.0. The number of nitrogens with one attached hydrogen (secondary N) is 3. The zero-order valence-electron chi connectivity index (χ0n) is 16.4. The maximum absolute atomic E-state index is 13.6. The number of rotatable bonds is 9. The van der Waals surface area contributed by atoms with Crippen molar-refractivity contribution < 1.29 is 22.7 Å². The van der Waals surface area contributed by atoms with Crippen LogP contribution in [-0.4, -0.2) is 38.1 Å². The first-order valence-corrected chi connectivity index (χ1v) is 9.14. The average molecular weight is 536 g/mol. The van der Waals surface area contributed by atoms with E-state index in [1.807, 2.05) is 37.3 Å². The molecule has 0 spiro atoms. The van der Waals surface area contributed by atoms with E-state index in [-0.39, 0.29) is 30.5 Å². The SMILES string of the molecule is CCNC(=NCC(=O)Nc1ccc(F)c(F)c1F)NCCCOc1ccccc1.I. The number of benzene rings is 2. The van der Waals surface area contributed by atoms with Crippen LogP contribution in [-0.2, 0) is 4.79 Å². The molecular weight excluding hydrogens is 512 g/mol. The first-order valence-electron chi connectivity index (χ1n) is 9.14. The highest BCUT2D eigenvalue weighted by Gasteiger charge is 2.15. The molecule has 0 bridgehead atoms. The van der Waals surface area contributed by atoms with Gasteiger partial charge in [-0.25, -0.2) is 18.2 Å². The zero-order valence-corrected chi connectivity index (χ0v) is 18.7. The van der Waals surface area contributed by atoms with Gasteiger partial charge in [-0.1, -0.05) is 18.2 Å². The summed E-state index contributed by atoms with van der Waals surface area (Å²) in [5.41, 5.74) is -0.444. The van der Waals surface area contributed by atoms with E-state index in [9.17, 15) is 18.0 Å². The molecule has 0 aliphatic rings. The molecule has 2 aromatic rings. The smallest absolute Gasteiger partial charge is 0.246 e. The molecule has 30 heavy (non-hydrogen) atoms. The summed E-state index contributed by atoms with van der Waals surface area (Å²) < 4.78 is 45.3. The summed E-state index contributed by atoms with van der Waals surface area (Å²) in [4.78, 5) is 16.0. The van der Waals surface area contributed by atoms with Gasteiger partial charge in [-0.15, -0.1) is 24.0 Å². The Bertz CT molecular complexity index is 838. The third kappa shape index (κ3) is 8.47. The fourth-order valence-corrected chi connectivity index (χ4v) is 2.29. The van der Waals surface area contributed by atoms with Crippen molar-refractivity contribution in [2.24, 2.45) is 4.99 Å². The molecule has 0 aliphatic heterocycles. The molecule has 3 N–H and O–H groups in total. The number of para-hydroxylation sites is 1. The van der Waals surface area contributed by atoms with E-state index in [4.69, 9.17) is 4.74 Å². The molecular formula is C20H24F3IN4O2. The van der Waals surface area contributed by atoms with Crippen LogP contribution < -0.4 is 20.7 Å². The van der Waals surface area contributed by atoms with Crippen LogP contribution in [0.3, 0.4) is 0 Å². The van der Waals surface area contributed by atoms with Crippen LogP contribution in [0, 0.1) is 17.5 Å². The van der Waals surface area contributed by atoms with E-state index in [2.05, 4.69) is 20.9 Å². The molecule has 0 atom stereocenters. The molecule has 0 unspecified atom stereocenters. The van der Waals surface area contributed by atoms with Crippen molar-refractivity contribution >= 4 is 41.5 Å². The van der Waals surface area contributed by atoms with Crippen molar-refractivity contribution in [2.45, 2.75) is 13.3 Å². The van der Waals surface area contributed by atoms with Gasteiger partial charge in [0.05, 0.1) is 12.3 Å². The third-order valence-electron chi connectivity index (χ3n) is 3.66. The summed E-state index contributed by atoms with van der Waals surface area (Å²) in [6, 6.07) is 11.1. The number of halogens is 4. The Kier molecular flexibility index (Phi) is 11.6. The fourth-order valence-electron chi connectivity index (χ4n) is 2.29. The Labute approximate surface area is 190 Å². The van der Waals surface area contributed by atoms with Crippen LogP contribution in [0.5, 0.6) is 5.75 Å². The molecule has 0 saturated heterocycles. The summed E-state index contributed by atoms with van der Waals surface area (Å²) in [6.45, 7) is 3.18. The van der Waals surface area contributed by atoms with E-state index in [1.54, 1.807) is 0 Å². The minimum atomic E-state index is -1.64. The second-order valence-electron chi connectivity index (χ2n) is 5.91. The Morgan fingerprint density at radius 3 is 2.47 bits per heavy atom. The average Bonchev–Trinajstić information content (AvgIpc) is 2.73. The molecule has 1 amide bonds. The maximum atomic E-state index is 13.6. The maximum Gasteiger partial charge on any atom is 0.246 e. The lowest BCUT2D eigenvalue weighted by atomic mass is 10.3. The van der Waals surface area contributed by atoms with Crippen LogP contribution in [0.25, 0.3) is 0 Å². The molecule has 0 saturated carbocycles. The Hall–Kier alpha value is -2.50. The lowest BCUT2D eigenvalue weighted by Gasteiger charge is -2.12. The Balaban J connectivity index is 0.00000450. The van der Waals surface area contributed by atoms with Crippen LogP contribution in [0.2, 0.25) is 0 Å². The van der Waals surface area contributed by atoms with Gasteiger partial charge in [0.25, 0.3) is 0 Å². The minimum Gasteiger partial charge on any atom is -0.494 e. The van der Waals surface area contributed by atoms with E-state index in [0.29, 0.717) is 32.1 Å². The molecule has 0 heterocycles. The number of carbonyl (C=O) groups excluding carboxylic acids is 1. The second-order valence-corrected chi connectivity index (χ2v) is 5.91. The number of hydrogen-bond donors (Lipinski definition) is 3. The van der Waals surface area contributed by atoms with Gasteiger partial charge in [-0.05, 0) is 37.6 Å². The van der Waals surface area contributed by atoms with Gasteiger partial charge >= 0.3 is 0 Å². The minimum absolute atomic E-state index is 0. The number of guanidine groups is 1. The van der Waals surface area contributed by atoms with Crippen molar-refractivity contribution in [3.05, 3.63) is 59.9 Å². The summed E-state index contributed by atoms with van der Waals surface area (Å²) in [7, 11) is 0. The van der Waals surface area contributed by atoms with Crippen molar-refractivity contribution in [1.29, 1.82) is 0 Å². The Morgan fingerprint density at radius 1 is 1.03 bits per heavy atom. The van der Waals surface area contributed by atoms with E-state index in [1.165, 1.54) is 0 Å². The first kappa shape index (κ1) is 25.5. The number of amides is 1. The third-order valence-corrected chi connectivity index (χ3v) is 3.66. The molecule has 0 aliphatic carbocycles. The zero-order chi connectivity index (χ0) is 21.1. The van der Waals surface area contributed by atoms with Crippen molar-refractivity contribution in [3.63, 3.8) is 0 Å². The molecule has 2 rings (SSSR count). The number of anilines is 1. The van der Waals surface area contributed by atoms with Crippen LogP contribution in [0.1, 0.15) is 13.3 Å². The summed E-state index contributed by atoms with van der Waals surface area (Å²) >= 11 is 0. The molecule has 164 valence electrons. The van der Waals surface area contributed by atoms with Gasteiger partial charge in [0.2, 0.25) is 5.91 Å². The normalized spacial score (nSPS) is 10.7. The lowest BCUT2D eigenvalue weighted by Crippen LogP contribution is -2.38. The summed E-state index contributed by atoms with van der Waals surface area (Å²) in [6.07, 6.45) is 0.700. The predicted molar refractivity (Wildman–Crippen MR) is 121 cm³/mol. The summed E-state index contributed by atoms with van der Waals surface area (Å²) in [5, 5.41) is 8.19. The number of hydrogen-bond acceptors (Lipinski definition) is 3. The van der Waals surface area contributed by atoms with Crippen LogP contribution >= 0.6 is 24.0 Å². The van der Waals surface area contributed by atoms with Crippen LogP contribution in [0.4, 0.5) is 18.9 Å². The Morgan fingerprint density at radius 2 is 1.77 bits per heavy atom. The number of aliphatic imine (C=N–C) groups is 1. The highest BCUT2D eigenvalue weighted by molar-refractivity contribution is 14.0. The largest absolute Gasteiger partial charge is 0.494 e. The van der Waals surface area contributed by atoms with E-state index >= 15 is 0 Å². The topological polar surface area (TPSA) is 74.8 Å². The number of ether oxygens (including phenoxy) is 1. The van der Waals surface area contributed by atoms with Gasteiger partial charge < -0.3 is 20.7 Å². The van der Waals surface area contributed by atoms with Crippen molar-refractivity contribution in [1.82, 2.24) is 10.6 Å². The molecule has 0 radical (unpaired) electrons. The second kappa shape index (κ2) is 13.7.